The van der Waals surface area contributed by atoms with Crippen molar-refractivity contribution in [1.29, 1.82) is 0 Å². The third-order valence-electron chi connectivity index (χ3n) is 2.85. The molecule has 0 heterocycles. The van der Waals surface area contributed by atoms with Gasteiger partial charge in [0, 0.05) is 17.0 Å². The Hall–Kier alpha value is -1.78. The Morgan fingerprint density at radius 2 is 2.05 bits per heavy atom. The first-order valence-corrected chi connectivity index (χ1v) is 6.70. The lowest BCUT2D eigenvalue weighted by Gasteiger charge is -2.10. The van der Waals surface area contributed by atoms with Gasteiger partial charge in [0.1, 0.15) is 11.5 Å². The van der Waals surface area contributed by atoms with Crippen LogP contribution in [0.2, 0.25) is 5.02 Å². The van der Waals surface area contributed by atoms with Crippen LogP contribution in [0.5, 0.6) is 11.5 Å². The molecule has 20 heavy (non-hydrogen) atoms. The van der Waals surface area contributed by atoms with E-state index in [9.17, 15) is 10.1 Å². The van der Waals surface area contributed by atoms with E-state index in [1.54, 1.807) is 37.3 Å². The van der Waals surface area contributed by atoms with Crippen LogP contribution >= 0.6 is 23.2 Å². The summed E-state index contributed by atoms with van der Waals surface area (Å²) in [5.74, 6) is 1.25. The fourth-order valence-electron chi connectivity index (χ4n) is 1.74. The van der Waals surface area contributed by atoms with E-state index in [1.165, 1.54) is 6.07 Å². The molecule has 0 N–H and O–H groups in total. The van der Waals surface area contributed by atoms with E-state index in [0.29, 0.717) is 28.0 Å². The summed E-state index contributed by atoms with van der Waals surface area (Å²) in [4.78, 5) is 10.4. The summed E-state index contributed by atoms with van der Waals surface area (Å²) in [6.07, 6.45) is 0. The molecule has 0 aliphatic carbocycles. The molecule has 0 aromatic heterocycles. The average Bonchev–Trinajstić information content (AvgIpc) is 2.41. The molecule has 2 rings (SSSR count). The van der Waals surface area contributed by atoms with Gasteiger partial charge >= 0.3 is 0 Å². The maximum atomic E-state index is 10.9. The zero-order valence-electron chi connectivity index (χ0n) is 10.6. The number of hydrogen-bond donors (Lipinski definition) is 0. The minimum atomic E-state index is -0.439. The topological polar surface area (TPSA) is 52.4 Å². The molecule has 0 unspecified atom stereocenters. The van der Waals surface area contributed by atoms with Crippen molar-refractivity contribution in [3.8, 4) is 11.5 Å². The number of nitro benzene ring substituents is 1. The molecule has 0 bridgehead atoms. The van der Waals surface area contributed by atoms with E-state index in [2.05, 4.69) is 0 Å². The molecule has 0 spiro atoms. The average molecular weight is 312 g/mol. The van der Waals surface area contributed by atoms with Crippen LogP contribution in [0.25, 0.3) is 0 Å². The van der Waals surface area contributed by atoms with Crippen molar-refractivity contribution in [2.75, 3.05) is 0 Å². The normalized spacial score (nSPS) is 10.3. The monoisotopic (exact) mass is 311 g/mol. The Morgan fingerprint density at radius 3 is 2.65 bits per heavy atom. The number of alkyl halides is 1. The lowest BCUT2D eigenvalue weighted by molar-refractivity contribution is -0.385. The van der Waals surface area contributed by atoms with Crippen molar-refractivity contribution >= 4 is 28.9 Å². The van der Waals surface area contributed by atoms with Gasteiger partial charge in [-0.25, -0.2) is 0 Å². The van der Waals surface area contributed by atoms with E-state index < -0.39 is 4.92 Å². The van der Waals surface area contributed by atoms with Crippen LogP contribution in [0.4, 0.5) is 5.69 Å². The van der Waals surface area contributed by atoms with Crippen LogP contribution in [0, 0.1) is 17.0 Å². The number of ether oxygens (including phenoxy) is 1. The first-order chi connectivity index (χ1) is 9.52. The number of rotatable bonds is 4. The smallest absolute Gasteiger partial charge is 0.276 e. The summed E-state index contributed by atoms with van der Waals surface area (Å²) >= 11 is 11.8. The van der Waals surface area contributed by atoms with E-state index in [4.69, 9.17) is 27.9 Å². The molecule has 0 saturated carbocycles. The second-order valence-electron chi connectivity index (χ2n) is 4.15. The second kappa shape index (κ2) is 6.11. The molecular weight excluding hydrogens is 301 g/mol. The molecule has 2 aromatic carbocycles. The first-order valence-electron chi connectivity index (χ1n) is 5.79. The zero-order chi connectivity index (χ0) is 14.7. The third kappa shape index (κ3) is 3.03. The molecule has 6 heteroatoms. The molecular formula is C14H11Cl2NO3. The predicted octanol–water partition coefficient (Wildman–Crippen LogP) is 5.09. The number of halogens is 2. The van der Waals surface area contributed by atoms with Gasteiger partial charge in [-0.3, -0.25) is 10.1 Å². The van der Waals surface area contributed by atoms with Crippen LogP contribution in [-0.2, 0) is 5.88 Å². The Bertz CT molecular complexity index is 659. The van der Waals surface area contributed by atoms with Gasteiger partial charge in [0.05, 0.1) is 10.5 Å². The van der Waals surface area contributed by atoms with Gasteiger partial charge in [0.2, 0.25) is 0 Å². The molecule has 0 amide bonds. The van der Waals surface area contributed by atoms with Crippen molar-refractivity contribution in [2.45, 2.75) is 12.8 Å². The second-order valence-corrected chi connectivity index (χ2v) is 4.82. The maximum Gasteiger partial charge on any atom is 0.276 e. The molecule has 104 valence electrons. The summed E-state index contributed by atoms with van der Waals surface area (Å²) < 4.78 is 5.65. The molecule has 0 aliphatic rings. The largest absolute Gasteiger partial charge is 0.457 e. The molecule has 2 aromatic rings. The lowest BCUT2D eigenvalue weighted by atomic mass is 10.2. The number of nitro groups is 1. The number of benzene rings is 2. The maximum absolute atomic E-state index is 10.9. The van der Waals surface area contributed by atoms with E-state index >= 15 is 0 Å². The van der Waals surface area contributed by atoms with E-state index in [1.807, 2.05) is 0 Å². The van der Waals surface area contributed by atoms with Gasteiger partial charge in [0.15, 0.2) is 0 Å². The van der Waals surface area contributed by atoms with Gasteiger partial charge in [-0.05, 0) is 30.7 Å². The first kappa shape index (κ1) is 14.6. The predicted molar refractivity (Wildman–Crippen MR) is 78.9 cm³/mol. The van der Waals surface area contributed by atoms with Crippen LogP contribution in [0.15, 0.2) is 36.4 Å². The highest BCUT2D eigenvalue weighted by molar-refractivity contribution is 6.32. The number of hydrogen-bond acceptors (Lipinski definition) is 3. The molecule has 0 atom stereocenters. The fourth-order valence-corrected chi connectivity index (χ4v) is 2.28. The summed E-state index contributed by atoms with van der Waals surface area (Å²) in [5.41, 5.74) is 1.29. The van der Waals surface area contributed by atoms with Crippen LogP contribution in [-0.4, -0.2) is 4.92 Å². The van der Waals surface area contributed by atoms with Gasteiger partial charge < -0.3 is 4.74 Å². The summed E-state index contributed by atoms with van der Waals surface area (Å²) in [6, 6.07) is 9.81. The van der Waals surface area contributed by atoms with Crippen LogP contribution < -0.4 is 4.74 Å². The Morgan fingerprint density at radius 1 is 1.30 bits per heavy atom. The molecule has 0 saturated heterocycles. The molecule has 0 aliphatic heterocycles. The quantitative estimate of drug-likeness (QED) is 0.449. The van der Waals surface area contributed by atoms with Crippen LogP contribution in [0.3, 0.4) is 0 Å². The van der Waals surface area contributed by atoms with Gasteiger partial charge in [-0.15, -0.1) is 11.6 Å². The highest BCUT2D eigenvalue weighted by Gasteiger charge is 2.14. The van der Waals surface area contributed by atoms with Gasteiger partial charge in [0.25, 0.3) is 5.69 Å². The SMILES string of the molecule is Cc1c(Oc2ccc(CCl)c(Cl)c2)cccc1[N+](=O)[O-]. The van der Waals surface area contributed by atoms with E-state index in [-0.39, 0.29) is 5.69 Å². The molecule has 0 radical (unpaired) electrons. The van der Waals surface area contributed by atoms with Crippen molar-refractivity contribution in [3.05, 3.63) is 62.7 Å². The standard InChI is InChI=1S/C14H11Cl2NO3/c1-9-13(17(18)19)3-2-4-14(9)20-11-6-5-10(8-15)12(16)7-11/h2-7H,8H2,1H3. The summed E-state index contributed by atoms with van der Waals surface area (Å²) in [6.45, 7) is 1.64. The molecule has 4 nitrogen and oxygen atoms in total. The minimum absolute atomic E-state index is 0.0194. The fraction of sp³-hybridized carbons (Fsp3) is 0.143. The lowest BCUT2D eigenvalue weighted by Crippen LogP contribution is -1.94. The van der Waals surface area contributed by atoms with Crippen molar-refractivity contribution in [2.24, 2.45) is 0 Å². The third-order valence-corrected chi connectivity index (χ3v) is 3.49. The van der Waals surface area contributed by atoms with Crippen LogP contribution in [0.1, 0.15) is 11.1 Å². The molecule has 0 fully saturated rings. The van der Waals surface area contributed by atoms with Crippen molar-refractivity contribution in [1.82, 2.24) is 0 Å². The minimum Gasteiger partial charge on any atom is -0.457 e. The zero-order valence-corrected chi connectivity index (χ0v) is 12.1. The Kier molecular flexibility index (Phi) is 4.47. The van der Waals surface area contributed by atoms with E-state index in [0.717, 1.165) is 5.56 Å². The van der Waals surface area contributed by atoms with Gasteiger partial charge in [-0.1, -0.05) is 23.7 Å². The Balaban J connectivity index is 2.33. The highest BCUT2D eigenvalue weighted by Crippen LogP contribution is 2.32. The number of nitrogens with zero attached hydrogens (tertiary/aromatic N) is 1. The Labute approximate surface area is 126 Å². The van der Waals surface area contributed by atoms with Crippen molar-refractivity contribution in [3.63, 3.8) is 0 Å². The van der Waals surface area contributed by atoms with Gasteiger partial charge in [-0.2, -0.15) is 0 Å². The highest BCUT2D eigenvalue weighted by atomic mass is 35.5. The van der Waals surface area contributed by atoms with Crippen molar-refractivity contribution < 1.29 is 9.66 Å². The summed E-state index contributed by atoms with van der Waals surface area (Å²) in [5, 5.41) is 11.4. The summed E-state index contributed by atoms with van der Waals surface area (Å²) in [7, 11) is 0.